The van der Waals surface area contributed by atoms with Crippen molar-refractivity contribution in [3.8, 4) is 0 Å². The highest BCUT2D eigenvalue weighted by Crippen LogP contribution is 1.93. The maximum atomic E-state index is 11.0. The van der Waals surface area contributed by atoms with E-state index in [9.17, 15) is 9.59 Å². The summed E-state index contributed by atoms with van der Waals surface area (Å²) in [6.45, 7) is 2.39. The van der Waals surface area contributed by atoms with Crippen LogP contribution in [0.2, 0.25) is 0 Å². The van der Waals surface area contributed by atoms with Gasteiger partial charge in [-0.05, 0) is 6.92 Å². The minimum absolute atomic E-state index is 0.203. The first-order valence-electron chi connectivity index (χ1n) is 3.20. The molecule has 0 fully saturated rings. The van der Waals surface area contributed by atoms with Crippen molar-refractivity contribution in [3.63, 3.8) is 0 Å². The van der Waals surface area contributed by atoms with Crippen LogP contribution in [-0.4, -0.2) is 17.4 Å². The summed E-state index contributed by atoms with van der Waals surface area (Å²) >= 11 is 0.987. The van der Waals surface area contributed by atoms with Gasteiger partial charge in [-0.3, -0.25) is 9.59 Å². The second kappa shape index (κ2) is 3.34. The molecule has 0 bridgehead atoms. The van der Waals surface area contributed by atoms with Gasteiger partial charge in [-0.1, -0.05) is 11.3 Å². The number of carbonyl (C=O) groups excluding carboxylic acids is 1. The molecule has 0 radical (unpaired) electrons. The lowest BCUT2D eigenvalue weighted by atomic mass is 10.4. The third-order valence-electron chi connectivity index (χ3n) is 1.10. The molecule has 60 valence electrons. The predicted octanol–water partition coefficient (Wildman–Crippen LogP) is 0.186. The summed E-state index contributed by atoms with van der Waals surface area (Å²) in [7, 11) is 0. The van der Waals surface area contributed by atoms with E-state index >= 15 is 0 Å². The number of hydrogen-bond acceptors (Lipinski definition) is 3. The molecule has 0 unspecified atom stereocenters. The average Bonchev–Trinajstić information content (AvgIpc) is 2.36. The van der Waals surface area contributed by atoms with E-state index in [2.05, 4.69) is 10.3 Å². The largest absolute Gasteiger partial charge is 0.351 e. The smallest absolute Gasteiger partial charge is 0.305 e. The lowest BCUT2D eigenvalue weighted by Gasteiger charge is -1.95. The van der Waals surface area contributed by atoms with Crippen molar-refractivity contribution < 1.29 is 4.79 Å². The van der Waals surface area contributed by atoms with Gasteiger partial charge in [0.2, 0.25) is 0 Å². The highest BCUT2D eigenvalue weighted by atomic mass is 32.1. The monoisotopic (exact) mass is 172 g/mol. The van der Waals surface area contributed by atoms with E-state index < -0.39 is 0 Å². The Morgan fingerprint density at radius 2 is 2.55 bits per heavy atom. The third-order valence-corrected chi connectivity index (χ3v) is 1.77. The zero-order chi connectivity index (χ0) is 8.27. The summed E-state index contributed by atoms with van der Waals surface area (Å²) in [6.07, 6.45) is 0. The SMILES string of the molecule is CCNC(=O)c1csc(=O)[nH]1. The van der Waals surface area contributed by atoms with E-state index in [0.717, 1.165) is 11.3 Å². The number of aromatic nitrogens is 1. The third kappa shape index (κ3) is 1.91. The molecule has 1 heterocycles. The molecule has 11 heavy (non-hydrogen) atoms. The van der Waals surface area contributed by atoms with Crippen LogP contribution in [0, 0.1) is 0 Å². The van der Waals surface area contributed by atoms with Crippen molar-refractivity contribution >= 4 is 17.2 Å². The first kappa shape index (κ1) is 8.00. The molecule has 0 spiro atoms. The van der Waals surface area contributed by atoms with E-state index in [-0.39, 0.29) is 10.8 Å². The van der Waals surface area contributed by atoms with Crippen molar-refractivity contribution in [2.75, 3.05) is 6.54 Å². The topological polar surface area (TPSA) is 62.0 Å². The molecular formula is C6H8N2O2S. The summed E-state index contributed by atoms with van der Waals surface area (Å²) in [5.41, 5.74) is 0.335. The van der Waals surface area contributed by atoms with Gasteiger partial charge in [0.15, 0.2) is 0 Å². The van der Waals surface area contributed by atoms with Crippen molar-refractivity contribution in [2.24, 2.45) is 0 Å². The van der Waals surface area contributed by atoms with Crippen molar-refractivity contribution in [1.82, 2.24) is 10.3 Å². The van der Waals surface area contributed by atoms with Crippen LogP contribution in [0.4, 0.5) is 0 Å². The van der Waals surface area contributed by atoms with E-state index in [1.54, 1.807) is 0 Å². The van der Waals surface area contributed by atoms with Crippen molar-refractivity contribution in [3.05, 3.63) is 20.7 Å². The Kier molecular flexibility index (Phi) is 2.43. The number of H-pyrrole nitrogens is 1. The van der Waals surface area contributed by atoms with Crippen LogP contribution in [0.15, 0.2) is 10.2 Å². The standard InChI is InChI=1S/C6H8N2O2S/c1-2-7-5(9)4-3-11-6(10)8-4/h3H,2H2,1H3,(H,7,9)(H,8,10). The molecular weight excluding hydrogens is 164 g/mol. The minimum Gasteiger partial charge on any atom is -0.351 e. The molecule has 1 aromatic rings. The molecule has 1 rings (SSSR count). The van der Waals surface area contributed by atoms with E-state index in [4.69, 9.17) is 0 Å². The van der Waals surface area contributed by atoms with Gasteiger partial charge in [-0.15, -0.1) is 0 Å². The van der Waals surface area contributed by atoms with Gasteiger partial charge in [0.05, 0.1) is 0 Å². The van der Waals surface area contributed by atoms with E-state index in [0.29, 0.717) is 12.2 Å². The Morgan fingerprint density at radius 3 is 3.00 bits per heavy atom. The zero-order valence-corrected chi connectivity index (χ0v) is 6.83. The van der Waals surface area contributed by atoms with Crippen LogP contribution in [0.3, 0.4) is 0 Å². The van der Waals surface area contributed by atoms with Crippen LogP contribution in [0.25, 0.3) is 0 Å². The predicted molar refractivity (Wildman–Crippen MR) is 42.9 cm³/mol. The Bertz CT molecular complexity index is 302. The summed E-state index contributed by atoms with van der Waals surface area (Å²) in [6, 6.07) is 0. The molecule has 1 amide bonds. The van der Waals surface area contributed by atoms with Gasteiger partial charge < -0.3 is 10.3 Å². The highest BCUT2D eigenvalue weighted by molar-refractivity contribution is 7.07. The number of hydrogen-bond donors (Lipinski definition) is 2. The zero-order valence-electron chi connectivity index (χ0n) is 6.01. The van der Waals surface area contributed by atoms with E-state index in [1.807, 2.05) is 6.92 Å². The Balaban J connectivity index is 2.76. The van der Waals surface area contributed by atoms with Crippen LogP contribution in [-0.2, 0) is 0 Å². The molecule has 2 N–H and O–H groups in total. The van der Waals surface area contributed by atoms with Gasteiger partial charge >= 0.3 is 4.87 Å². The minimum atomic E-state index is -0.231. The van der Waals surface area contributed by atoms with Gasteiger partial charge in [-0.25, -0.2) is 0 Å². The van der Waals surface area contributed by atoms with Gasteiger partial charge in [0.25, 0.3) is 5.91 Å². The number of thiazole rings is 1. The maximum absolute atomic E-state index is 11.0. The second-order valence-corrected chi connectivity index (χ2v) is 2.76. The van der Waals surface area contributed by atoms with Crippen molar-refractivity contribution in [1.29, 1.82) is 0 Å². The van der Waals surface area contributed by atoms with Gasteiger partial charge in [-0.2, -0.15) is 0 Å². The molecule has 0 aliphatic rings. The summed E-state index contributed by atoms with van der Waals surface area (Å²) in [4.78, 5) is 23.8. The normalized spacial score (nSPS) is 9.55. The maximum Gasteiger partial charge on any atom is 0.305 e. The molecule has 0 atom stereocenters. The summed E-state index contributed by atoms with van der Waals surface area (Å²) in [5.74, 6) is -0.231. The molecule has 0 aromatic carbocycles. The Hall–Kier alpha value is -1.10. The molecule has 0 saturated heterocycles. The number of amides is 1. The fraction of sp³-hybridized carbons (Fsp3) is 0.333. The number of carbonyl (C=O) groups is 1. The Morgan fingerprint density at radius 1 is 1.82 bits per heavy atom. The van der Waals surface area contributed by atoms with Crippen molar-refractivity contribution in [2.45, 2.75) is 6.92 Å². The van der Waals surface area contributed by atoms with E-state index in [1.165, 1.54) is 5.38 Å². The Labute approximate surface area is 67.3 Å². The number of aromatic amines is 1. The summed E-state index contributed by atoms with van der Waals surface area (Å²) < 4.78 is 0. The number of rotatable bonds is 2. The van der Waals surface area contributed by atoms with Crippen LogP contribution >= 0.6 is 11.3 Å². The lowest BCUT2D eigenvalue weighted by Crippen LogP contribution is -2.23. The second-order valence-electron chi connectivity index (χ2n) is 1.92. The van der Waals surface area contributed by atoms with Gasteiger partial charge in [0.1, 0.15) is 5.69 Å². The van der Waals surface area contributed by atoms with Crippen LogP contribution < -0.4 is 10.2 Å². The average molecular weight is 172 g/mol. The lowest BCUT2D eigenvalue weighted by molar-refractivity contribution is 0.0951. The molecule has 4 nitrogen and oxygen atoms in total. The quantitative estimate of drug-likeness (QED) is 0.668. The fourth-order valence-corrected chi connectivity index (χ4v) is 1.21. The van der Waals surface area contributed by atoms with Gasteiger partial charge in [0, 0.05) is 11.9 Å². The molecule has 1 aromatic heterocycles. The van der Waals surface area contributed by atoms with Crippen LogP contribution in [0.1, 0.15) is 17.4 Å². The first-order valence-corrected chi connectivity index (χ1v) is 4.08. The van der Waals surface area contributed by atoms with Crippen LogP contribution in [0.5, 0.6) is 0 Å². The molecule has 0 aliphatic carbocycles. The molecule has 5 heteroatoms. The highest BCUT2D eigenvalue weighted by Gasteiger charge is 2.04. The molecule has 0 aliphatic heterocycles. The first-order chi connectivity index (χ1) is 5.24. The molecule has 0 saturated carbocycles. The number of nitrogens with one attached hydrogen (secondary N) is 2. The summed E-state index contributed by atoms with van der Waals surface area (Å²) in [5, 5.41) is 4.08. The fourth-order valence-electron chi connectivity index (χ4n) is 0.647.